The Balaban J connectivity index is 1.63. The van der Waals surface area contributed by atoms with E-state index in [2.05, 4.69) is 19.9 Å². The number of pyridine rings is 1. The second-order valence-electron chi connectivity index (χ2n) is 7.05. The van der Waals surface area contributed by atoms with Gasteiger partial charge >= 0.3 is 6.18 Å². The minimum Gasteiger partial charge on any atom is -0.355 e. The lowest BCUT2D eigenvalue weighted by atomic mass is 9.96. The van der Waals surface area contributed by atoms with Crippen LogP contribution in [-0.4, -0.2) is 63.6 Å². The van der Waals surface area contributed by atoms with E-state index in [4.69, 9.17) is 0 Å². The first-order valence-corrected chi connectivity index (χ1v) is 8.97. The zero-order valence-corrected chi connectivity index (χ0v) is 15.2. The quantitative estimate of drug-likeness (QED) is 0.742. The normalized spacial score (nSPS) is 18.0. The van der Waals surface area contributed by atoms with Gasteiger partial charge in [-0.3, -0.25) is 4.79 Å². The third-order valence-corrected chi connectivity index (χ3v) is 5.03. The maximum Gasteiger partial charge on any atom is 0.406 e. The number of hydrogen-bond donors (Lipinski definition) is 1. The summed E-state index contributed by atoms with van der Waals surface area (Å²) in [6, 6.07) is 1.85. The van der Waals surface area contributed by atoms with Crippen molar-refractivity contribution in [3.8, 4) is 0 Å². The lowest BCUT2D eigenvalue weighted by Crippen LogP contribution is -2.46. The lowest BCUT2D eigenvalue weighted by molar-refractivity contribution is -0.161. The van der Waals surface area contributed by atoms with Crippen LogP contribution in [0, 0.1) is 5.92 Å². The van der Waals surface area contributed by atoms with Crippen molar-refractivity contribution in [2.24, 2.45) is 5.92 Å². The third-order valence-electron chi connectivity index (χ3n) is 5.03. The zero-order valence-electron chi connectivity index (χ0n) is 15.2. The van der Waals surface area contributed by atoms with E-state index in [1.807, 2.05) is 11.0 Å². The predicted molar refractivity (Wildman–Crippen MR) is 97.8 cm³/mol. The fourth-order valence-corrected chi connectivity index (χ4v) is 3.81. The molecule has 0 saturated carbocycles. The summed E-state index contributed by atoms with van der Waals surface area (Å²) in [5.41, 5.74) is 1.39. The Bertz CT molecular complexity index is 1020. The standard InChI is InChI=1S/C18H19F3N6O/c1-26(9-18(19,20)21)17(28)11-3-2-6-27(8-11)16-14-12-4-5-22-15(12)23-7-13(14)24-10-25-16/h4-5,7,10-11H,2-3,6,8-9H2,1H3,(H,24,25). The van der Waals surface area contributed by atoms with E-state index in [0.717, 1.165) is 21.2 Å². The van der Waals surface area contributed by atoms with Gasteiger partial charge in [-0.05, 0) is 18.9 Å². The number of carbonyl (C=O) groups is 1. The Labute approximate surface area is 158 Å². The number of alkyl halides is 3. The Kier molecular flexibility index (Phi) is 4.56. The van der Waals surface area contributed by atoms with Gasteiger partial charge in [-0.25, -0.2) is 15.0 Å². The highest BCUT2D eigenvalue weighted by atomic mass is 19.4. The number of aromatic amines is 1. The first-order valence-electron chi connectivity index (χ1n) is 8.97. The van der Waals surface area contributed by atoms with E-state index in [-0.39, 0.29) is 0 Å². The molecule has 1 amide bonds. The van der Waals surface area contributed by atoms with Gasteiger partial charge in [0.15, 0.2) is 5.65 Å². The first kappa shape index (κ1) is 18.5. The van der Waals surface area contributed by atoms with Crippen LogP contribution >= 0.6 is 0 Å². The van der Waals surface area contributed by atoms with Crippen LogP contribution in [0.5, 0.6) is 0 Å². The predicted octanol–water partition coefficient (Wildman–Crippen LogP) is 2.74. The van der Waals surface area contributed by atoms with Crippen LogP contribution in [0.1, 0.15) is 12.8 Å². The SMILES string of the molecule is CN(CC(F)(F)F)C(=O)C1CCCN(c2nc[nH]c3cnc4nccc4c23)C1. The molecular weight excluding hydrogens is 373 g/mol. The third kappa shape index (κ3) is 3.46. The largest absolute Gasteiger partial charge is 0.406 e. The Morgan fingerprint density at radius 1 is 1.36 bits per heavy atom. The van der Waals surface area contributed by atoms with E-state index in [1.54, 1.807) is 18.7 Å². The molecule has 3 aromatic rings. The average Bonchev–Trinajstić information content (AvgIpc) is 3.14. The number of halogens is 3. The van der Waals surface area contributed by atoms with Crippen molar-refractivity contribution in [3.05, 3.63) is 24.8 Å². The molecule has 0 spiro atoms. The van der Waals surface area contributed by atoms with Crippen LogP contribution in [0.15, 0.2) is 24.8 Å². The number of hydrogen-bond acceptors (Lipinski definition) is 5. The van der Waals surface area contributed by atoms with Crippen molar-refractivity contribution in [2.45, 2.75) is 19.0 Å². The first-order chi connectivity index (χ1) is 13.3. The molecular formula is C18H19F3N6O. The molecule has 0 radical (unpaired) electrons. The molecule has 1 aliphatic rings. The number of carbonyl (C=O) groups excluding carboxylic acids is 1. The van der Waals surface area contributed by atoms with Gasteiger partial charge in [0, 0.05) is 31.7 Å². The number of anilines is 1. The molecule has 0 bridgehead atoms. The molecule has 1 unspecified atom stereocenters. The van der Waals surface area contributed by atoms with Crippen molar-refractivity contribution in [2.75, 3.05) is 31.6 Å². The van der Waals surface area contributed by atoms with Crippen LogP contribution in [0.3, 0.4) is 0 Å². The van der Waals surface area contributed by atoms with Gasteiger partial charge < -0.3 is 14.8 Å². The second-order valence-corrected chi connectivity index (χ2v) is 7.05. The van der Waals surface area contributed by atoms with Gasteiger partial charge in [0.2, 0.25) is 5.91 Å². The summed E-state index contributed by atoms with van der Waals surface area (Å²) in [7, 11) is 1.20. The zero-order chi connectivity index (χ0) is 19.9. The molecule has 0 aliphatic carbocycles. The minimum absolute atomic E-state index is 0.325. The van der Waals surface area contributed by atoms with Crippen LogP contribution in [-0.2, 0) is 4.79 Å². The highest BCUT2D eigenvalue weighted by Crippen LogP contribution is 2.32. The van der Waals surface area contributed by atoms with Crippen molar-refractivity contribution < 1.29 is 18.0 Å². The fourth-order valence-electron chi connectivity index (χ4n) is 3.81. The molecule has 4 heterocycles. The van der Waals surface area contributed by atoms with Crippen molar-refractivity contribution in [1.29, 1.82) is 0 Å². The van der Waals surface area contributed by atoms with E-state index in [9.17, 15) is 18.0 Å². The number of rotatable bonds is 3. The molecule has 1 atom stereocenters. The smallest absolute Gasteiger partial charge is 0.355 e. The molecule has 0 aromatic carbocycles. The maximum absolute atomic E-state index is 12.6. The summed E-state index contributed by atoms with van der Waals surface area (Å²) in [5.74, 6) is -0.307. The van der Waals surface area contributed by atoms with Gasteiger partial charge in [0.05, 0.1) is 29.3 Å². The summed E-state index contributed by atoms with van der Waals surface area (Å²) in [5, 5.41) is 1.70. The van der Waals surface area contributed by atoms with Crippen molar-refractivity contribution in [1.82, 2.24) is 24.8 Å². The number of fused-ring (bicyclic) bond motifs is 3. The average molecular weight is 392 g/mol. The monoisotopic (exact) mass is 392 g/mol. The summed E-state index contributed by atoms with van der Waals surface area (Å²) in [6.07, 6.45) is 1.76. The molecule has 1 N–H and O–H groups in total. The molecule has 10 heteroatoms. The van der Waals surface area contributed by atoms with Crippen molar-refractivity contribution in [3.63, 3.8) is 0 Å². The topological polar surface area (TPSA) is 78.0 Å². The molecule has 3 aromatic heterocycles. The van der Waals surface area contributed by atoms with Crippen LogP contribution < -0.4 is 4.90 Å². The summed E-state index contributed by atoms with van der Waals surface area (Å²) >= 11 is 0. The minimum atomic E-state index is -4.41. The molecule has 148 valence electrons. The Morgan fingerprint density at radius 3 is 2.96 bits per heavy atom. The van der Waals surface area contributed by atoms with E-state index < -0.39 is 24.5 Å². The number of nitrogens with one attached hydrogen (secondary N) is 1. The Hall–Kier alpha value is -2.91. The van der Waals surface area contributed by atoms with Crippen molar-refractivity contribution >= 4 is 33.7 Å². The van der Waals surface area contributed by atoms with Gasteiger partial charge in [-0.2, -0.15) is 13.2 Å². The Morgan fingerprint density at radius 2 is 2.18 bits per heavy atom. The highest BCUT2D eigenvalue weighted by molar-refractivity contribution is 6.08. The number of amides is 1. The summed E-state index contributed by atoms with van der Waals surface area (Å²) < 4.78 is 37.9. The highest BCUT2D eigenvalue weighted by Gasteiger charge is 2.35. The number of piperidine rings is 1. The van der Waals surface area contributed by atoms with E-state index in [1.165, 1.54) is 7.05 Å². The summed E-state index contributed by atoms with van der Waals surface area (Å²) in [6.45, 7) is -0.239. The molecule has 4 rings (SSSR count). The van der Waals surface area contributed by atoms with E-state index in [0.29, 0.717) is 37.4 Å². The molecule has 28 heavy (non-hydrogen) atoms. The van der Waals surface area contributed by atoms with E-state index >= 15 is 0 Å². The van der Waals surface area contributed by atoms with Gasteiger partial charge in [-0.1, -0.05) is 0 Å². The molecule has 1 aliphatic heterocycles. The van der Waals surface area contributed by atoms with Crippen LogP contribution in [0.2, 0.25) is 0 Å². The lowest BCUT2D eigenvalue weighted by Gasteiger charge is -2.35. The molecule has 7 nitrogen and oxygen atoms in total. The van der Waals surface area contributed by atoms with Crippen LogP contribution in [0.25, 0.3) is 21.9 Å². The second kappa shape index (κ2) is 6.92. The number of nitrogens with zero attached hydrogens (tertiary/aromatic N) is 5. The summed E-state index contributed by atoms with van der Waals surface area (Å²) in [4.78, 5) is 31.3. The van der Waals surface area contributed by atoms with Gasteiger partial charge in [0.25, 0.3) is 0 Å². The molecule has 1 saturated heterocycles. The maximum atomic E-state index is 12.6. The number of H-pyrrole nitrogens is 1. The number of aromatic nitrogens is 4. The van der Waals surface area contributed by atoms with Gasteiger partial charge in [-0.15, -0.1) is 0 Å². The fraction of sp³-hybridized carbons (Fsp3) is 0.444. The molecule has 1 fully saturated rings. The van der Waals surface area contributed by atoms with Gasteiger partial charge in [0.1, 0.15) is 12.4 Å². The van der Waals surface area contributed by atoms with Crippen LogP contribution in [0.4, 0.5) is 19.0 Å².